The van der Waals surface area contributed by atoms with Crippen LogP contribution in [0, 0.1) is 0 Å². The second-order valence-electron chi connectivity index (χ2n) is 5.50. The number of amides is 1. The van der Waals surface area contributed by atoms with Gasteiger partial charge in [0.1, 0.15) is 6.04 Å². The maximum absolute atomic E-state index is 13.1. The molecule has 1 aliphatic heterocycles. The van der Waals surface area contributed by atoms with Gasteiger partial charge in [-0.15, -0.1) is 0 Å². The molecular weight excluding hydrogens is 281 g/mol. The first-order chi connectivity index (χ1) is 9.80. The number of alkyl halides is 3. The molecule has 2 rings (SSSR count). The number of hydrogen-bond donors (Lipinski definition) is 0. The number of hydrogen-bond acceptors (Lipinski definition) is 2. The Kier molecular flexibility index (Phi) is 4.44. The van der Waals surface area contributed by atoms with Gasteiger partial charge in [0.25, 0.3) is 5.91 Å². The van der Waals surface area contributed by atoms with Crippen molar-refractivity contribution in [3.8, 4) is 0 Å². The predicted octanol–water partition coefficient (Wildman–Crippen LogP) is 3.31. The molecule has 1 unspecified atom stereocenters. The fourth-order valence-corrected chi connectivity index (χ4v) is 2.60. The van der Waals surface area contributed by atoms with Gasteiger partial charge in [-0.25, -0.2) is 0 Å². The molecule has 1 atom stereocenters. The van der Waals surface area contributed by atoms with Gasteiger partial charge in [0.15, 0.2) is 0 Å². The first-order valence-electron chi connectivity index (χ1n) is 6.96. The summed E-state index contributed by atoms with van der Waals surface area (Å²) in [5.41, 5.74) is 1.10. The van der Waals surface area contributed by atoms with Crippen molar-refractivity contribution in [3.05, 3.63) is 29.8 Å². The zero-order chi connectivity index (χ0) is 15.6. The fraction of sp³-hybridized carbons (Fsp3) is 0.533. The number of rotatable bonds is 2. The first kappa shape index (κ1) is 15.7. The molecule has 3 nitrogen and oxygen atoms in total. The third-order valence-electron chi connectivity index (χ3n) is 3.75. The lowest BCUT2D eigenvalue weighted by molar-refractivity contribution is -0.183. The summed E-state index contributed by atoms with van der Waals surface area (Å²) in [6.07, 6.45) is -3.25. The summed E-state index contributed by atoms with van der Waals surface area (Å²) in [5.74, 6) is -0.541. The number of halogens is 3. The lowest BCUT2D eigenvalue weighted by atomic mass is 10.00. The van der Waals surface area contributed by atoms with Gasteiger partial charge in [-0.1, -0.05) is 6.07 Å². The largest absolute Gasteiger partial charge is 0.408 e. The molecule has 1 aromatic rings. The minimum absolute atomic E-state index is 0.0113. The molecule has 1 amide bonds. The average Bonchev–Trinajstić information content (AvgIpc) is 2.45. The van der Waals surface area contributed by atoms with Crippen LogP contribution in [0.5, 0.6) is 0 Å². The Morgan fingerprint density at radius 1 is 1.29 bits per heavy atom. The van der Waals surface area contributed by atoms with Crippen LogP contribution in [-0.2, 0) is 0 Å². The van der Waals surface area contributed by atoms with Crippen LogP contribution in [0.4, 0.5) is 18.9 Å². The predicted molar refractivity (Wildman–Crippen MR) is 75.5 cm³/mol. The zero-order valence-corrected chi connectivity index (χ0v) is 12.2. The van der Waals surface area contributed by atoms with Crippen LogP contribution in [0.3, 0.4) is 0 Å². The molecule has 1 saturated heterocycles. The van der Waals surface area contributed by atoms with Crippen molar-refractivity contribution in [1.29, 1.82) is 0 Å². The maximum atomic E-state index is 13.1. The number of likely N-dealkylation sites (tertiary alicyclic amines) is 1. The average molecular weight is 300 g/mol. The van der Waals surface area contributed by atoms with Crippen molar-refractivity contribution < 1.29 is 18.0 Å². The van der Waals surface area contributed by atoms with E-state index in [1.54, 1.807) is 18.2 Å². The van der Waals surface area contributed by atoms with Gasteiger partial charge in [-0.05, 0) is 37.5 Å². The van der Waals surface area contributed by atoms with Crippen LogP contribution in [0.15, 0.2) is 24.3 Å². The molecule has 21 heavy (non-hydrogen) atoms. The van der Waals surface area contributed by atoms with E-state index < -0.39 is 18.1 Å². The summed E-state index contributed by atoms with van der Waals surface area (Å²) < 4.78 is 39.2. The summed E-state index contributed by atoms with van der Waals surface area (Å²) in [6.45, 7) is 0.162. The third-order valence-corrected chi connectivity index (χ3v) is 3.75. The zero-order valence-electron chi connectivity index (χ0n) is 12.2. The summed E-state index contributed by atoms with van der Waals surface area (Å²) in [6, 6.07) is 5.03. The highest BCUT2D eigenvalue weighted by Gasteiger charge is 2.46. The minimum atomic E-state index is -4.37. The van der Waals surface area contributed by atoms with Crippen LogP contribution in [0.25, 0.3) is 0 Å². The molecule has 1 heterocycles. The monoisotopic (exact) mass is 300 g/mol. The standard InChI is InChI=1S/C15H19F3N2O/c1-19(2)12-7-5-6-11(10-12)14(21)20-9-4-3-8-13(20)15(16,17)18/h5-7,10,13H,3-4,8-9H2,1-2H3. The molecule has 0 aromatic heterocycles. The van der Waals surface area contributed by atoms with E-state index in [-0.39, 0.29) is 13.0 Å². The SMILES string of the molecule is CN(C)c1cccc(C(=O)N2CCCCC2C(F)(F)F)c1. The fourth-order valence-electron chi connectivity index (χ4n) is 2.60. The van der Waals surface area contributed by atoms with Crippen molar-refractivity contribution >= 4 is 11.6 Å². The van der Waals surface area contributed by atoms with E-state index in [1.165, 1.54) is 0 Å². The molecule has 116 valence electrons. The highest BCUT2D eigenvalue weighted by molar-refractivity contribution is 5.95. The van der Waals surface area contributed by atoms with Crippen LogP contribution in [0.2, 0.25) is 0 Å². The number of carbonyl (C=O) groups is 1. The maximum Gasteiger partial charge on any atom is 0.408 e. The Bertz CT molecular complexity index is 514. The topological polar surface area (TPSA) is 23.6 Å². The lowest BCUT2D eigenvalue weighted by Crippen LogP contribution is -2.51. The Morgan fingerprint density at radius 2 is 2.00 bits per heavy atom. The van der Waals surface area contributed by atoms with Gasteiger partial charge in [0, 0.05) is 31.9 Å². The Hall–Kier alpha value is -1.72. The highest BCUT2D eigenvalue weighted by Crippen LogP contribution is 2.33. The Morgan fingerprint density at radius 3 is 2.62 bits per heavy atom. The van der Waals surface area contributed by atoms with Gasteiger partial charge in [-0.2, -0.15) is 13.2 Å². The van der Waals surface area contributed by atoms with Crippen LogP contribution in [-0.4, -0.2) is 43.7 Å². The number of carbonyl (C=O) groups excluding carboxylic acids is 1. The van der Waals surface area contributed by atoms with Crippen molar-refractivity contribution in [3.63, 3.8) is 0 Å². The Balaban J connectivity index is 2.27. The van der Waals surface area contributed by atoms with Gasteiger partial charge < -0.3 is 9.80 Å². The van der Waals surface area contributed by atoms with E-state index >= 15 is 0 Å². The molecule has 1 aliphatic rings. The number of anilines is 1. The van der Waals surface area contributed by atoms with Crippen LogP contribution in [0.1, 0.15) is 29.6 Å². The molecule has 0 bridgehead atoms. The highest BCUT2D eigenvalue weighted by atomic mass is 19.4. The summed E-state index contributed by atoms with van der Waals surface area (Å²) in [5, 5.41) is 0. The summed E-state index contributed by atoms with van der Waals surface area (Å²) in [7, 11) is 3.64. The number of piperidine rings is 1. The van der Waals surface area contributed by atoms with E-state index in [0.717, 1.165) is 10.6 Å². The third kappa shape index (κ3) is 3.49. The Labute approximate surface area is 122 Å². The normalized spacial score (nSPS) is 19.5. The number of benzene rings is 1. The van der Waals surface area contributed by atoms with E-state index in [2.05, 4.69) is 0 Å². The molecular formula is C15H19F3N2O. The van der Waals surface area contributed by atoms with E-state index in [1.807, 2.05) is 25.1 Å². The molecule has 1 aromatic carbocycles. The van der Waals surface area contributed by atoms with Gasteiger partial charge in [0.2, 0.25) is 0 Å². The van der Waals surface area contributed by atoms with Crippen molar-refractivity contribution in [1.82, 2.24) is 4.90 Å². The number of nitrogens with zero attached hydrogens (tertiary/aromatic N) is 2. The van der Waals surface area contributed by atoms with Gasteiger partial charge >= 0.3 is 6.18 Å². The van der Waals surface area contributed by atoms with E-state index in [9.17, 15) is 18.0 Å². The van der Waals surface area contributed by atoms with Crippen LogP contribution >= 0.6 is 0 Å². The molecule has 0 N–H and O–H groups in total. The van der Waals surface area contributed by atoms with Crippen LogP contribution < -0.4 is 4.90 Å². The molecule has 1 fully saturated rings. The van der Waals surface area contributed by atoms with E-state index in [4.69, 9.17) is 0 Å². The molecule has 0 radical (unpaired) electrons. The van der Waals surface area contributed by atoms with Gasteiger partial charge in [-0.3, -0.25) is 4.79 Å². The van der Waals surface area contributed by atoms with Crippen molar-refractivity contribution in [2.45, 2.75) is 31.5 Å². The molecule has 6 heteroatoms. The first-order valence-corrected chi connectivity index (χ1v) is 6.96. The molecule has 0 spiro atoms. The minimum Gasteiger partial charge on any atom is -0.378 e. The second-order valence-corrected chi connectivity index (χ2v) is 5.50. The van der Waals surface area contributed by atoms with E-state index in [0.29, 0.717) is 18.4 Å². The van der Waals surface area contributed by atoms with Crippen molar-refractivity contribution in [2.75, 3.05) is 25.5 Å². The second kappa shape index (κ2) is 5.95. The lowest BCUT2D eigenvalue weighted by Gasteiger charge is -2.36. The van der Waals surface area contributed by atoms with Gasteiger partial charge in [0.05, 0.1) is 0 Å². The van der Waals surface area contributed by atoms with Crippen molar-refractivity contribution in [2.24, 2.45) is 0 Å². The summed E-state index contributed by atoms with van der Waals surface area (Å²) in [4.78, 5) is 15.2. The quantitative estimate of drug-likeness (QED) is 0.836. The summed E-state index contributed by atoms with van der Waals surface area (Å²) >= 11 is 0. The molecule has 0 aliphatic carbocycles. The molecule has 0 saturated carbocycles. The smallest absolute Gasteiger partial charge is 0.378 e.